The summed E-state index contributed by atoms with van der Waals surface area (Å²) in [6.07, 6.45) is 3.68. The van der Waals surface area contributed by atoms with Crippen LogP contribution in [0.2, 0.25) is 0 Å². The standard InChI is InChI=1S/C17H27NO3/c1-4-6-11-21-17-13-16(20-10-5-2)8-7-15(17)14-18-9-12-19-3/h4,7-8,13,18H,1,5-6,9-12,14H2,2-3H3. The van der Waals surface area contributed by atoms with Crippen molar-refractivity contribution in [1.82, 2.24) is 5.32 Å². The van der Waals surface area contributed by atoms with E-state index in [2.05, 4.69) is 18.8 Å². The Bertz CT molecular complexity index is 407. The molecule has 0 aliphatic heterocycles. The molecule has 1 rings (SSSR count). The van der Waals surface area contributed by atoms with Gasteiger partial charge in [0.1, 0.15) is 11.5 Å². The molecule has 0 fully saturated rings. The van der Waals surface area contributed by atoms with Crippen LogP contribution in [0.1, 0.15) is 25.3 Å². The third kappa shape index (κ3) is 7.16. The molecule has 0 atom stereocenters. The van der Waals surface area contributed by atoms with Gasteiger partial charge in [-0.25, -0.2) is 0 Å². The van der Waals surface area contributed by atoms with Gasteiger partial charge in [0.15, 0.2) is 0 Å². The van der Waals surface area contributed by atoms with Crippen molar-refractivity contribution < 1.29 is 14.2 Å². The van der Waals surface area contributed by atoms with Crippen molar-refractivity contribution >= 4 is 0 Å². The minimum absolute atomic E-state index is 0.631. The largest absolute Gasteiger partial charge is 0.493 e. The van der Waals surface area contributed by atoms with Gasteiger partial charge in [0.25, 0.3) is 0 Å². The van der Waals surface area contributed by atoms with Gasteiger partial charge < -0.3 is 19.5 Å². The second-order valence-electron chi connectivity index (χ2n) is 4.71. The molecule has 1 aromatic rings. The average molecular weight is 293 g/mol. The quantitative estimate of drug-likeness (QED) is 0.475. The Labute approximate surface area is 128 Å². The first-order chi connectivity index (χ1) is 10.3. The van der Waals surface area contributed by atoms with Crippen LogP contribution < -0.4 is 14.8 Å². The molecule has 0 aromatic heterocycles. The summed E-state index contributed by atoms with van der Waals surface area (Å²) >= 11 is 0. The topological polar surface area (TPSA) is 39.7 Å². The third-order valence-electron chi connectivity index (χ3n) is 2.89. The van der Waals surface area contributed by atoms with E-state index in [-0.39, 0.29) is 0 Å². The Morgan fingerprint density at radius 1 is 1.19 bits per heavy atom. The predicted molar refractivity (Wildman–Crippen MR) is 86.1 cm³/mol. The van der Waals surface area contributed by atoms with Gasteiger partial charge in [-0.15, -0.1) is 6.58 Å². The van der Waals surface area contributed by atoms with E-state index < -0.39 is 0 Å². The molecule has 0 aliphatic carbocycles. The van der Waals surface area contributed by atoms with E-state index in [9.17, 15) is 0 Å². The maximum Gasteiger partial charge on any atom is 0.127 e. The minimum atomic E-state index is 0.631. The Balaban J connectivity index is 2.66. The van der Waals surface area contributed by atoms with Gasteiger partial charge in [-0.2, -0.15) is 0 Å². The molecule has 0 amide bonds. The van der Waals surface area contributed by atoms with Crippen molar-refractivity contribution in [2.75, 3.05) is 33.5 Å². The van der Waals surface area contributed by atoms with E-state index >= 15 is 0 Å². The van der Waals surface area contributed by atoms with Crippen molar-refractivity contribution in [2.24, 2.45) is 0 Å². The number of benzene rings is 1. The van der Waals surface area contributed by atoms with Gasteiger partial charge in [0.2, 0.25) is 0 Å². The van der Waals surface area contributed by atoms with Gasteiger partial charge in [0.05, 0.1) is 19.8 Å². The van der Waals surface area contributed by atoms with Gasteiger partial charge in [-0.05, 0) is 18.9 Å². The molecule has 4 heteroatoms. The fraction of sp³-hybridized carbons (Fsp3) is 0.529. The highest BCUT2D eigenvalue weighted by Gasteiger charge is 2.06. The van der Waals surface area contributed by atoms with Crippen molar-refractivity contribution in [2.45, 2.75) is 26.3 Å². The second-order valence-corrected chi connectivity index (χ2v) is 4.71. The SMILES string of the molecule is C=CCCOc1cc(OCCC)ccc1CNCCOC. The molecule has 0 unspecified atom stereocenters. The maximum absolute atomic E-state index is 5.83. The highest BCUT2D eigenvalue weighted by molar-refractivity contribution is 5.40. The summed E-state index contributed by atoms with van der Waals surface area (Å²) in [6.45, 7) is 9.42. The summed E-state index contributed by atoms with van der Waals surface area (Å²) in [7, 11) is 1.70. The smallest absolute Gasteiger partial charge is 0.127 e. The highest BCUT2D eigenvalue weighted by atomic mass is 16.5. The first-order valence-corrected chi connectivity index (χ1v) is 7.50. The normalized spacial score (nSPS) is 10.4. The molecule has 0 bridgehead atoms. The Kier molecular flexibility index (Phi) is 9.33. The Hall–Kier alpha value is -1.52. The molecule has 1 N–H and O–H groups in total. The lowest BCUT2D eigenvalue weighted by atomic mass is 10.2. The summed E-state index contributed by atoms with van der Waals surface area (Å²) in [4.78, 5) is 0. The zero-order valence-electron chi connectivity index (χ0n) is 13.2. The fourth-order valence-corrected chi connectivity index (χ4v) is 1.77. The first kappa shape index (κ1) is 17.5. The summed E-state index contributed by atoms with van der Waals surface area (Å²) in [5.74, 6) is 1.72. The van der Waals surface area contributed by atoms with E-state index in [0.717, 1.165) is 49.6 Å². The van der Waals surface area contributed by atoms with Crippen LogP contribution in [0.5, 0.6) is 11.5 Å². The molecule has 0 radical (unpaired) electrons. The molecule has 0 saturated heterocycles. The van der Waals surface area contributed by atoms with Crippen molar-refractivity contribution in [3.8, 4) is 11.5 Å². The lowest BCUT2D eigenvalue weighted by Crippen LogP contribution is -2.19. The maximum atomic E-state index is 5.83. The number of rotatable bonds is 12. The fourth-order valence-electron chi connectivity index (χ4n) is 1.77. The molecule has 0 spiro atoms. The molecular formula is C17H27NO3. The van der Waals surface area contributed by atoms with E-state index in [1.54, 1.807) is 7.11 Å². The number of ether oxygens (including phenoxy) is 3. The predicted octanol–water partition coefficient (Wildman–Crippen LogP) is 3.17. The lowest BCUT2D eigenvalue weighted by molar-refractivity contribution is 0.199. The van der Waals surface area contributed by atoms with E-state index in [1.165, 1.54) is 0 Å². The van der Waals surface area contributed by atoms with Crippen molar-refractivity contribution in [3.63, 3.8) is 0 Å². The van der Waals surface area contributed by atoms with Crippen LogP contribution in [-0.2, 0) is 11.3 Å². The lowest BCUT2D eigenvalue weighted by Gasteiger charge is -2.14. The van der Waals surface area contributed by atoms with Crippen LogP contribution in [0, 0.1) is 0 Å². The first-order valence-electron chi connectivity index (χ1n) is 7.50. The van der Waals surface area contributed by atoms with Crippen molar-refractivity contribution in [1.29, 1.82) is 0 Å². The molecular weight excluding hydrogens is 266 g/mol. The van der Waals surface area contributed by atoms with Gasteiger partial charge in [-0.1, -0.05) is 19.1 Å². The summed E-state index contributed by atoms with van der Waals surface area (Å²) < 4.78 is 16.5. The zero-order valence-corrected chi connectivity index (χ0v) is 13.2. The molecule has 0 saturated carbocycles. The van der Waals surface area contributed by atoms with Gasteiger partial charge in [0, 0.05) is 31.8 Å². The molecule has 0 heterocycles. The minimum Gasteiger partial charge on any atom is -0.493 e. The Morgan fingerprint density at radius 2 is 2.05 bits per heavy atom. The number of hydrogen-bond acceptors (Lipinski definition) is 4. The van der Waals surface area contributed by atoms with Crippen LogP contribution in [0.15, 0.2) is 30.9 Å². The zero-order chi connectivity index (χ0) is 15.3. The van der Waals surface area contributed by atoms with Crippen LogP contribution in [0.3, 0.4) is 0 Å². The number of methoxy groups -OCH3 is 1. The molecule has 118 valence electrons. The Morgan fingerprint density at radius 3 is 2.76 bits per heavy atom. The molecule has 4 nitrogen and oxygen atoms in total. The number of nitrogens with one attached hydrogen (secondary N) is 1. The molecule has 0 aliphatic rings. The second kappa shape index (κ2) is 11.2. The average Bonchev–Trinajstić information content (AvgIpc) is 2.51. The van der Waals surface area contributed by atoms with Crippen LogP contribution in [0.25, 0.3) is 0 Å². The van der Waals surface area contributed by atoms with Crippen molar-refractivity contribution in [3.05, 3.63) is 36.4 Å². The summed E-state index contributed by atoms with van der Waals surface area (Å²) in [6, 6.07) is 6.00. The van der Waals surface area contributed by atoms with E-state index in [1.807, 2.05) is 24.3 Å². The summed E-state index contributed by atoms with van der Waals surface area (Å²) in [5, 5.41) is 3.33. The molecule has 1 aromatic carbocycles. The van der Waals surface area contributed by atoms with Gasteiger partial charge >= 0.3 is 0 Å². The van der Waals surface area contributed by atoms with Crippen LogP contribution in [-0.4, -0.2) is 33.5 Å². The monoisotopic (exact) mass is 293 g/mol. The van der Waals surface area contributed by atoms with Crippen LogP contribution >= 0.6 is 0 Å². The highest BCUT2D eigenvalue weighted by Crippen LogP contribution is 2.25. The van der Waals surface area contributed by atoms with E-state index in [0.29, 0.717) is 13.2 Å². The molecule has 21 heavy (non-hydrogen) atoms. The van der Waals surface area contributed by atoms with Crippen LogP contribution in [0.4, 0.5) is 0 Å². The third-order valence-corrected chi connectivity index (χ3v) is 2.89. The summed E-state index contributed by atoms with van der Waals surface area (Å²) in [5.41, 5.74) is 1.12. The van der Waals surface area contributed by atoms with Gasteiger partial charge in [-0.3, -0.25) is 0 Å². The number of hydrogen-bond donors (Lipinski definition) is 1. The van der Waals surface area contributed by atoms with E-state index in [4.69, 9.17) is 14.2 Å².